The molecule has 0 atom stereocenters. The lowest BCUT2D eigenvalue weighted by molar-refractivity contribution is 0.168. The summed E-state index contributed by atoms with van der Waals surface area (Å²) in [7, 11) is 0. The molecular formula is C14H14Cl2N4O2. The number of hydrogen-bond acceptors (Lipinski definition) is 5. The summed E-state index contributed by atoms with van der Waals surface area (Å²) in [4.78, 5) is 15.5. The Morgan fingerprint density at radius 2 is 2.05 bits per heavy atom. The number of nitrogens with zero attached hydrogens (tertiary/aromatic N) is 1. The van der Waals surface area contributed by atoms with Crippen LogP contribution in [0.4, 0.5) is 27.8 Å². The zero-order valence-electron chi connectivity index (χ0n) is 11.7. The Morgan fingerprint density at radius 3 is 2.73 bits per heavy atom. The molecule has 0 aliphatic heterocycles. The fraction of sp³-hybridized carbons (Fsp3) is 0.143. The molecule has 1 aromatic heterocycles. The lowest BCUT2D eigenvalue weighted by Crippen LogP contribution is -2.15. The second kappa shape index (κ2) is 7.20. The molecule has 0 fully saturated rings. The second-order valence-corrected chi connectivity index (χ2v) is 4.99. The van der Waals surface area contributed by atoms with Crippen LogP contribution in [0.1, 0.15) is 6.92 Å². The highest BCUT2D eigenvalue weighted by atomic mass is 35.5. The number of rotatable bonds is 4. The van der Waals surface area contributed by atoms with Gasteiger partial charge in [-0.25, -0.2) is 9.78 Å². The van der Waals surface area contributed by atoms with E-state index < -0.39 is 6.09 Å². The fourth-order valence-electron chi connectivity index (χ4n) is 1.67. The number of hydrogen-bond donors (Lipinski definition) is 3. The summed E-state index contributed by atoms with van der Waals surface area (Å²) in [6.45, 7) is 1.98. The van der Waals surface area contributed by atoms with Crippen molar-refractivity contribution < 1.29 is 9.53 Å². The van der Waals surface area contributed by atoms with Crippen molar-refractivity contribution in [2.24, 2.45) is 0 Å². The Kier molecular flexibility index (Phi) is 5.30. The van der Waals surface area contributed by atoms with E-state index in [1.54, 1.807) is 37.3 Å². The largest absolute Gasteiger partial charge is 0.450 e. The highest BCUT2D eigenvalue weighted by molar-refractivity contribution is 6.43. The Morgan fingerprint density at radius 1 is 1.27 bits per heavy atom. The highest BCUT2D eigenvalue weighted by Crippen LogP contribution is 2.31. The van der Waals surface area contributed by atoms with E-state index in [4.69, 9.17) is 33.7 Å². The molecule has 0 saturated carbocycles. The Balaban J connectivity index is 2.15. The predicted molar refractivity (Wildman–Crippen MR) is 89.0 cm³/mol. The molecule has 22 heavy (non-hydrogen) atoms. The molecule has 0 aliphatic rings. The van der Waals surface area contributed by atoms with Gasteiger partial charge in [-0.1, -0.05) is 29.3 Å². The van der Waals surface area contributed by atoms with Gasteiger partial charge < -0.3 is 15.8 Å². The molecule has 0 spiro atoms. The number of carbonyl (C=O) groups excluding carboxylic acids is 1. The van der Waals surface area contributed by atoms with Crippen molar-refractivity contribution in [1.82, 2.24) is 4.98 Å². The lowest BCUT2D eigenvalue weighted by atomic mass is 10.3. The van der Waals surface area contributed by atoms with Crippen LogP contribution in [0, 0.1) is 0 Å². The number of carbonyl (C=O) groups is 1. The molecule has 0 radical (unpaired) electrons. The smallest absolute Gasteiger partial charge is 0.411 e. The minimum atomic E-state index is -0.588. The topological polar surface area (TPSA) is 89.3 Å². The average Bonchev–Trinajstić information content (AvgIpc) is 2.47. The van der Waals surface area contributed by atoms with Crippen molar-refractivity contribution in [3.63, 3.8) is 0 Å². The molecule has 2 aromatic rings. The summed E-state index contributed by atoms with van der Waals surface area (Å²) in [5, 5.41) is 6.33. The Bertz CT molecular complexity index is 695. The number of anilines is 4. The van der Waals surface area contributed by atoms with Crippen LogP contribution in [0.5, 0.6) is 0 Å². The summed E-state index contributed by atoms with van der Waals surface area (Å²) in [5.41, 5.74) is 6.77. The molecule has 1 heterocycles. The zero-order chi connectivity index (χ0) is 16.1. The molecule has 0 unspecified atom stereocenters. The first-order valence-electron chi connectivity index (χ1n) is 6.42. The van der Waals surface area contributed by atoms with Crippen LogP contribution in [0.3, 0.4) is 0 Å². The van der Waals surface area contributed by atoms with Crippen LogP contribution >= 0.6 is 23.2 Å². The number of aromatic nitrogens is 1. The van der Waals surface area contributed by atoms with Crippen LogP contribution in [-0.2, 0) is 4.74 Å². The summed E-state index contributed by atoms with van der Waals surface area (Å²) in [6.07, 6.45) is -0.588. The quantitative estimate of drug-likeness (QED) is 0.772. The lowest BCUT2D eigenvalue weighted by Gasteiger charge is -2.11. The molecule has 4 N–H and O–H groups in total. The summed E-state index contributed by atoms with van der Waals surface area (Å²) in [6, 6.07) is 8.46. The number of nitrogens with one attached hydrogen (secondary N) is 2. The van der Waals surface area contributed by atoms with E-state index in [-0.39, 0.29) is 12.4 Å². The Labute approximate surface area is 137 Å². The first kappa shape index (κ1) is 16.2. The van der Waals surface area contributed by atoms with E-state index in [1.807, 2.05) is 0 Å². The van der Waals surface area contributed by atoms with Gasteiger partial charge in [0.25, 0.3) is 0 Å². The van der Waals surface area contributed by atoms with Crippen LogP contribution in [0.2, 0.25) is 10.0 Å². The second-order valence-electron chi connectivity index (χ2n) is 4.20. The SMILES string of the molecule is CCOC(=O)Nc1ccc(Nc2cccc(Cl)c2Cl)nc1N. The van der Waals surface area contributed by atoms with Gasteiger partial charge in [0.05, 0.1) is 28.0 Å². The first-order chi connectivity index (χ1) is 10.5. The number of amides is 1. The number of halogens is 2. The summed E-state index contributed by atoms with van der Waals surface area (Å²) < 4.78 is 4.77. The summed E-state index contributed by atoms with van der Waals surface area (Å²) in [5.74, 6) is 0.618. The fourth-order valence-corrected chi connectivity index (χ4v) is 2.01. The standard InChI is InChI=1S/C14H14Cl2N4O2/c1-2-22-14(21)19-10-6-7-11(20-13(10)17)18-9-5-3-4-8(15)12(9)16/h3-7H,2H2,1H3,(H,19,21)(H3,17,18,20). The predicted octanol–water partition coefficient (Wildman–Crippen LogP) is 4.28. The van der Waals surface area contributed by atoms with Gasteiger partial charge in [-0.05, 0) is 31.2 Å². The molecule has 1 amide bonds. The van der Waals surface area contributed by atoms with Gasteiger partial charge in [-0.15, -0.1) is 0 Å². The molecule has 2 rings (SSSR count). The normalized spacial score (nSPS) is 10.1. The van der Waals surface area contributed by atoms with Crippen molar-refractivity contribution in [3.8, 4) is 0 Å². The third-order valence-electron chi connectivity index (χ3n) is 2.65. The molecule has 1 aromatic carbocycles. The van der Waals surface area contributed by atoms with Crippen LogP contribution in [0.15, 0.2) is 30.3 Å². The van der Waals surface area contributed by atoms with E-state index in [9.17, 15) is 4.79 Å². The van der Waals surface area contributed by atoms with E-state index >= 15 is 0 Å². The van der Waals surface area contributed by atoms with E-state index in [0.29, 0.717) is 27.2 Å². The monoisotopic (exact) mass is 340 g/mol. The van der Waals surface area contributed by atoms with Crippen LogP contribution < -0.4 is 16.4 Å². The average molecular weight is 341 g/mol. The van der Waals surface area contributed by atoms with Crippen molar-refractivity contribution >= 4 is 52.3 Å². The van der Waals surface area contributed by atoms with Gasteiger partial charge in [0, 0.05) is 0 Å². The van der Waals surface area contributed by atoms with Gasteiger partial charge in [0.15, 0.2) is 0 Å². The third kappa shape index (κ3) is 3.93. The van der Waals surface area contributed by atoms with E-state index in [1.165, 1.54) is 0 Å². The van der Waals surface area contributed by atoms with Crippen molar-refractivity contribution in [1.29, 1.82) is 0 Å². The van der Waals surface area contributed by atoms with Crippen LogP contribution in [0.25, 0.3) is 0 Å². The molecule has 6 nitrogen and oxygen atoms in total. The third-order valence-corrected chi connectivity index (χ3v) is 3.47. The first-order valence-corrected chi connectivity index (χ1v) is 7.18. The maximum absolute atomic E-state index is 11.4. The number of benzene rings is 1. The van der Waals surface area contributed by atoms with Crippen molar-refractivity contribution in [2.45, 2.75) is 6.92 Å². The highest BCUT2D eigenvalue weighted by Gasteiger charge is 2.09. The van der Waals surface area contributed by atoms with Crippen molar-refractivity contribution in [2.75, 3.05) is 23.0 Å². The zero-order valence-corrected chi connectivity index (χ0v) is 13.2. The maximum atomic E-state index is 11.4. The number of nitrogens with two attached hydrogens (primary N) is 1. The minimum Gasteiger partial charge on any atom is -0.450 e. The van der Waals surface area contributed by atoms with Gasteiger partial charge in [0.2, 0.25) is 0 Å². The number of nitrogen functional groups attached to an aromatic ring is 1. The molecule has 8 heteroatoms. The molecule has 0 aliphatic carbocycles. The minimum absolute atomic E-state index is 0.149. The number of pyridine rings is 1. The van der Waals surface area contributed by atoms with E-state index in [2.05, 4.69) is 15.6 Å². The van der Waals surface area contributed by atoms with Gasteiger partial charge in [-0.2, -0.15) is 0 Å². The van der Waals surface area contributed by atoms with Gasteiger partial charge in [-0.3, -0.25) is 5.32 Å². The molecule has 0 saturated heterocycles. The van der Waals surface area contributed by atoms with Crippen LogP contribution in [-0.4, -0.2) is 17.7 Å². The maximum Gasteiger partial charge on any atom is 0.411 e. The van der Waals surface area contributed by atoms with Gasteiger partial charge >= 0.3 is 6.09 Å². The van der Waals surface area contributed by atoms with Crippen molar-refractivity contribution in [3.05, 3.63) is 40.4 Å². The molecule has 0 bridgehead atoms. The van der Waals surface area contributed by atoms with E-state index in [0.717, 1.165) is 0 Å². The van der Waals surface area contributed by atoms with Gasteiger partial charge in [0.1, 0.15) is 11.6 Å². The Hall–Kier alpha value is -2.18. The molecule has 116 valence electrons. The molecular weight excluding hydrogens is 327 g/mol. The number of ether oxygens (including phenoxy) is 1. The summed E-state index contributed by atoms with van der Waals surface area (Å²) >= 11 is 12.0.